The second-order valence-corrected chi connectivity index (χ2v) is 5.89. The van der Waals surface area contributed by atoms with Gasteiger partial charge in [-0.3, -0.25) is 19.9 Å². The molecule has 3 rings (SSSR count). The zero-order chi connectivity index (χ0) is 18.0. The number of carbonyl (C=O) groups is 3. The molecule has 6 nitrogen and oxygen atoms in total. The third-order valence-electron chi connectivity index (χ3n) is 3.90. The van der Waals surface area contributed by atoms with Crippen LogP contribution in [0, 0.1) is 19.8 Å². The molecule has 25 heavy (non-hydrogen) atoms. The number of imide groups is 2. The predicted molar refractivity (Wildman–Crippen MR) is 95.0 cm³/mol. The van der Waals surface area contributed by atoms with Gasteiger partial charge in [0.15, 0.2) is 5.92 Å². The summed E-state index contributed by atoms with van der Waals surface area (Å²) in [5.74, 6) is -2.44. The van der Waals surface area contributed by atoms with Crippen molar-refractivity contribution >= 4 is 35.4 Å². The van der Waals surface area contributed by atoms with Crippen LogP contribution >= 0.6 is 0 Å². The molecule has 6 heteroatoms. The number of amides is 4. The van der Waals surface area contributed by atoms with Crippen molar-refractivity contribution < 1.29 is 14.4 Å². The van der Waals surface area contributed by atoms with E-state index in [4.69, 9.17) is 0 Å². The lowest BCUT2D eigenvalue weighted by atomic mass is 10.1. The molecule has 1 N–H and O–H groups in total. The Hall–Kier alpha value is -3.28. The standard InChI is InChI=1S/C19H17N3O3/c1-12-3-7-14(8-4-12)20-11-16-17(23)21-19(25)22(18(16)24)15-9-5-13(2)6-10-15/h3-11,16H,1-2H3,(H,21,23,25)/t16-/m0/s1. The highest BCUT2D eigenvalue weighted by Gasteiger charge is 2.40. The van der Waals surface area contributed by atoms with Crippen LogP contribution < -0.4 is 10.2 Å². The van der Waals surface area contributed by atoms with Crippen molar-refractivity contribution in [3.63, 3.8) is 0 Å². The number of rotatable bonds is 3. The van der Waals surface area contributed by atoms with Crippen molar-refractivity contribution in [2.75, 3.05) is 4.90 Å². The highest BCUT2D eigenvalue weighted by molar-refractivity contribution is 6.32. The zero-order valence-electron chi connectivity index (χ0n) is 13.9. The van der Waals surface area contributed by atoms with Gasteiger partial charge in [-0.05, 0) is 38.1 Å². The van der Waals surface area contributed by atoms with Crippen molar-refractivity contribution in [3.05, 3.63) is 59.7 Å². The number of urea groups is 1. The molecule has 126 valence electrons. The Labute approximate surface area is 145 Å². The second-order valence-electron chi connectivity index (χ2n) is 5.89. The Bertz CT molecular complexity index is 854. The first kappa shape index (κ1) is 16.6. The molecule has 0 aliphatic carbocycles. The normalized spacial score (nSPS) is 17.9. The highest BCUT2D eigenvalue weighted by Crippen LogP contribution is 2.21. The summed E-state index contributed by atoms with van der Waals surface area (Å²) in [6, 6.07) is 13.5. The summed E-state index contributed by atoms with van der Waals surface area (Å²) < 4.78 is 0. The van der Waals surface area contributed by atoms with Crippen LogP contribution in [-0.2, 0) is 9.59 Å². The van der Waals surface area contributed by atoms with Crippen LogP contribution in [0.3, 0.4) is 0 Å². The van der Waals surface area contributed by atoms with Gasteiger partial charge in [0, 0.05) is 6.21 Å². The van der Waals surface area contributed by atoms with Gasteiger partial charge in [-0.25, -0.2) is 9.69 Å². The second kappa shape index (κ2) is 6.68. The lowest BCUT2D eigenvalue weighted by Crippen LogP contribution is -2.58. The van der Waals surface area contributed by atoms with Crippen molar-refractivity contribution in [1.82, 2.24) is 5.32 Å². The lowest BCUT2D eigenvalue weighted by Gasteiger charge is -2.28. The Morgan fingerprint density at radius 3 is 2.08 bits per heavy atom. The number of hydrogen-bond acceptors (Lipinski definition) is 4. The van der Waals surface area contributed by atoms with Crippen LogP contribution in [0.2, 0.25) is 0 Å². The van der Waals surface area contributed by atoms with Crippen LogP contribution in [0.1, 0.15) is 11.1 Å². The number of hydrogen-bond donors (Lipinski definition) is 1. The summed E-state index contributed by atoms with van der Waals surface area (Å²) in [7, 11) is 0. The van der Waals surface area contributed by atoms with Crippen LogP contribution in [0.5, 0.6) is 0 Å². The van der Waals surface area contributed by atoms with E-state index in [0.717, 1.165) is 16.0 Å². The summed E-state index contributed by atoms with van der Waals surface area (Å²) >= 11 is 0. The maximum Gasteiger partial charge on any atom is 0.335 e. The average Bonchev–Trinajstić information content (AvgIpc) is 2.57. The van der Waals surface area contributed by atoms with Crippen LogP contribution in [0.15, 0.2) is 53.5 Å². The molecule has 4 amide bonds. The molecule has 0 radical (unpaired) electrons. The maximum atomic E-state index is 12.7. The van der Waals surface area contributed by atoms with Gasteiger partial charge in [-0.1, -0.05) is 35.4 Å². The number of benzene rings is 2. The number of aliphatic imine (C=N–C) groups is 1. The van der Waals surface area contributed by atoms with Crippen molar-refractivity contribution in [3.8, 4) is 0 Å². The molecule has 0 spiro atoms. The van der Waals surface area contributed by atoms with E-state index in [-0.39, 0.29) is 0 Å². The molecule has 1 saturated heterocycles. The van der Waals surface area contributed by atoms with Crippen LogP contribution in [0.4, 0.5) is 16.2 Å². The molecule has 0 saturated carbocycles. The molecule has 2 aromatic carbocycles. The van der Waals surface area contributed by atoms with Gasteiger partial charge >= 0.3 is 6.03 Å². The molecule has 0 aromatic heterocycles. The van der Waals surface area contributed by atoms with Crippen molar-refractivity contribution in [1.29, 1.82) is 0 Å². The van der Waals surface area contributed by atoms with Crippen molar-refractivity contribution in [2.24, 2.45) is 10.9 Å². The first-order chi connectivity index (χ1) is 12.0. The zero-order valence-corrected chi connectivity index (χ0v) is 13.9. The van der Waals surface area contributed by atoms with Crippen LogP contribution in [-0.4, -0.2) is 24.1 Å². The van der Waals surface area contributed by atoms with Gasteiger partial charge in [-0.2, -0.15) is 0 Å². The summed E-state index contributed by atoms with van der Waals surface area (Å²) in [6.45, 7) is 3.86. The number of anilines is 1. The van der Waals surface area contributed by atoms with Gasteiger partial charge in [0.25, 0.3) is 5.91 Å². The molecule has 0 unspecified atom stereocenters. The number of barbiturate groups is 1. The van der Waals surface area contributed by atoms with E-state index < -0.39 is 23.8 Å². The molecular weight excluding hydrogens is 318 g/mol. The van der Waals surface area contributed by atoms with E-state index in [2.05, 4.69) is 10.3 Å². The lowest BCUT2D eigenvalue weighted by molar-refractivity contribution is -0.131. The van der Waals surface area contributed by atoms with Gasteiger partial charge in [0.05, 0.1) is 11.4 Å². The Kier molecular flexibility index (Phi) is 4.43. The van der Waals surface area contributed by atoms with Gasteiger partial charge < -0.3 is 0 Å². The van der Waals surface area contributed by atoms with E-state index in [1.165, 1.54) is 6.21 Å². The third-order valence-corrected chi connectivity index (χ3v) is 3.90. The van der Waals surface area contributed by atoms with Crippen LogP contribution in [0.25, 0.3) is 0 Å². The monoisotopic (exact) mass is 335 g/mol. The van der Waals surface area contributed by atoms with E-state index in [0.29, 0.717) is 11.4 Å². The third kappa shape index (κ3) is 3.47. The number of nitrogens with one attached hydrogen (secondary N) is 1. The number of carbonyl (C=O) groups excluding carboxylic acids is 3. The minimum Gasteiger partial charge on any atom is -0.276 e. The fourth-order valence-corrected chi connectivity index (χ4v) is 2.45. The Morgan fingerprint density at radius 1 is 0.920 bits per heavy atom. The minimum atomic E-state index is -1.15. The average molecular weight is 335 g/mol. The Balaban J connectivity index is 1.87. The van der Waals surface area contributed by atoms with E-state index >= 15 is 0 Å². The largest absolute Gasteiger partial charge is 0.335 e. The topological polar surface area (TPSA) is 78.8 Å². The molecule has 1 heterocycles. The number of nitrogens with zero attached hydrogens (tertiary/aromatic N) is 2. The van der Waals surface area contributed by atoms with Crippen molar-refractivity contribution in [2.45, 2.75) is 13.8 Å². The minimum absolute atomic E-state index is 0.411. The van der Waals surface area contributed by atoms with E-state index in [1.807, 2.05) is 26.0 Å². The first-order valence-electron chi connectivity index (χ1n) is 7.82. The van der Waals surface area contributed by atoms with E-state index in [9.17, 15) is 14.4 Å². The smallest absolute Gasteiger partial charge is 0.276 e. The molecule has 2 aromatic rings. The molecule has 1 aliphatic rings. The summed E-state index contributed by atoms with van der Waals surface area (Å²) in [5.41, 5.74) is 3.13. The summed E-state index contributed by atoms with van der Waals surface area (Å²) in [4.78, 5) is 42.0. The number of aryl methyl sites for hydroxylation is 2. The maximum absolute atomic E-state index is 12.7. The Morgan fingerprint density at radius 2 is 1.48 bits per heavy atom. The highest BCUT2D eigenvalue weighted by atomic mass is 16.2. The summed E-state index contributed by atoms with van der Waals surface area (Å²) in [5, 5.41) is 2.20. The molecule has 0 bridgehead atoms. The van der Waals surface area contributed by atoms with Gasteiger partial charge in [0.1, 0.15) is 0 Å². The fraction of sp³-hybridized carbons (Fsp3) is 0.158. The molecule has 1 aliphatic heterocycles. The quantitative estimate of drug-likeness (QED) is 0.692. The molecule has 1 fully saturated rings. The SMILES string of the molecule is Cc1ccc(N=C[C@H]2C(=O)NC(=O)N(c3ccc(C)cc3)C2=O)cc1. The van der Waals surface area contributed by atoms with E-state index in [1.54, 1.807) is 36.4 Å². The fourth-order valence-electron chi connectivity index (χ4n) is 2.45. The van der Waals surface area contributed by atoms with Gasteiger partial charge in [0.2, 0.25) is 5.91 Å². The molecule has 1 atom stereocenters. The molecular formula is C19H17N3O3. The predicted octanol–water partition coefficient (Wildman–Crippen LogP) is 2.90. The van der Waals surface area contributed by atoms with Gasteiger partial charge in [-0.15, -0.1) is 0 Å². The first-order valence-corrected chi connectivity index (χ1v) is 7.82. The summed E-state index contributed by atoms with van der Waals surface area (Å²) in [6.07, 6.45) is 1.27.